The molecular weight excluding hydrogens is 240 g/mol. The van der Waals surface area contributed by atoms with Gasteiger partial charge in [-0.1, -0.05) is 18.8 Å². The maximum absolute atomic E-state index is 5.36. The van der Waals surface area contributed by atoms with Crippen molar-refractivity contribution in [3.8, 4) is 12.3 Å². The van der Waals surface area contributed by atoms with Crippen LogP contribution in [-0.4, -0.2) is 48.1 Å². The summed E-state index contributed by atoms with van der Waals surface area (Å²) in [5.41, 5.74) is 0. The van der Waals surface area contributed by atoms with Crippen LogP contribution in [-0.2, 0) is 0 Å². The summed E-state index contributed by atoms with van der Waals surface area (Å²) in [6, 6.07) is 0.712. The van der Waals surface area contributed by atoms with Gasteiger partial charge in [0.15, 0.2) is 0 Å². The topological polar surface area (TPSA) is 15.3 Å². The monoisotopic (exact) mass is 266 g/mol. The van der Waals surface area contributed by atoms with Gasteiger partial charge in [0.25, 0.3) is 0 Å². The van der Waals surface area contributed by atoms with Crippen molar-refractivity contribution in [1.82, 2.24) is 10.2 Å². The Bertz CT molecular complexity index is 283. The van der Waals surface area contributed by atoms with E-state index in [-0.39, 0.29) is 0 Å². The SMILES string of the molecule is C#CCN1CCC(NCC2(SC)CCCC2)CC1. The number of hydrogen-bond acceptors (Lipinski definition) is 3. The van der Waals surface area contributed by atoms with Gasteiger partial charge in [0.05, 0.1) is 6.54 Å². The van der Waals surface area contributed by atoms with Crippen LogP contribution in [0.25, 0.3) is 0 Å². The van der Waals surface area contributed by atoms with E-state index < -0.39 is 0 Å². The van der Waals surface area contributed by atoms with Crippen molar-refractivity contribution in [1.29, 1.82) is 0 Å². The Morgan fingerprint density at radius 2 is 2.00 bits per heavy atom. The molecule has 18 heavy (non-hydrogen) atoms. The Morgan fingerprint density at radius 1 is 1.33 bits per heavy atom. The first-order valence-corrected chi connectivity index (χ1v) is 8.45. The van der Waals surface area contributed by atoms with Crippen LogP contribution in [0.2, 0.25) is 0 Å². The van der Waals surface area contributed by atoms with Gasteiger partial charge in [0.1, 0.15) is 0 Å². The van der Waals surface area contributed by atoms with E-state index in [2.05, 4.69) is 34.2 Å². The van der Waals surface area contributed by atoms with Gasteiger partial charge in [-0.3, -0.25) is 4.90 Å². The molecule has 102 valence electrons. The third-order valence-corrected chi connectivity index (χ3v) is 5.98. The molecule has 0 radical (unpaired) electrons. The van der Waals surface area contributed by atoms with Crippen LogP contribution in [0.1, 0.15) is 38.5 Å². The zero-order valence-corrected chi connectivity index (χ0v) is 12.4. The van der Waals surface area contributed by atoms with E-state index >= 15 is 0 Å². The molecule has 0 aromatic carbocycles. The second-order valence-corrected chi connectivity index (χ2v) is 7.00. The molecule has 1 saturated heterocycles. The predicted molar refractivity (Wildman–Crippen MR) is 81.0 cm³/mol. The Kier molecular flexibility index (Phi) is 5.41. The van der Waals surface area contributed by atoms with Crippen molar-refractivity contribution in [3.63, 3.8) is 0 Å². The number of hydrogen-bond donors (Lipinski definition) is 1. The van der Waals surface area contributed by atoms with Crippen LogP contribution in [0, 0.1) is 12.3 Å². The van der Waals surface area contributed by atoms with Crippen molar-refractivity contribution in [2.75, 3.05) is 32.4 Å². The lowest BCUT2D eigenvalue weighted by atomic mass is 10.0. The van der Waals surface area contributed by atoms with Crippen LogP contribution >= 0.6 is 11.8 Å². The lowest BCUT2D eigenvalue weighted by Gasteiger charge is -2.34. The van der Waals surface area contributed by atoms with E-state index in [0.717, 1.165) is 19.6 Å². The number of likely N-dealkylation sites (tertiary alicyclic amines) is 1. The van der Waals surface area contributed by atoms with Crippen LogP contribution < -0.4 is 5.32 Å². The van der Waals surface area contributed by atoms with E-state index in [4.69, 9.17) is 6.42 Å². The van der Waals surface area contributed by atoms with Gasteiger partial charge in [-0.05, 0) is 31.9 Å². The minimum atomic E-state index is 0.538. The molecular formula is C15H26N2S. The second kappa shape index (κ2) is 6.84. The number of rotatable bonds is 5. The summed E-state index contributed by atoms with van der Waals surface area (Å²) in [5, 5.41) is 3.82. The highest BCUT2D eigenvalue weighted by Crippen LogP contribution is 2.39. The Labute approximate surface area is 116 Å². The second-order valence-electron chi connectivity index (χ2n) is 5.73. The van der Waals surface area contributed by atoms with Gasteiger partial charge in [0, 0.05) is 30.4 Å². The summed E-state index contributed by atoms with van der Waals surface area (Å²) in [4.78, 5) is 2.39. The fourth-order valence-corrected chi connectivity index (χ4v) is 4.15. The molecule has 0 aromatic heterocycles. The van der Waals surface area contributed by atoms with E-state index in [1.54, 1.807) is 0 Å². The summed E-state index contributed by atoms with van der Waals surface area (Å²) in [6.45, 7) is 4.34. The highest BCUT2D eigenvalue weighted by atomic mass is 32.2. The summed E-state index contributed by atoms with van der Waals surface area (Å²) >= 11 is 2.08. The Morgan fingerprint density at radius 3 is 2.56 bits per heavy atom. The maximum Gasteiger partial charge on any atom is 0.0598 e. The Balaban J connectivity index is 1.70. The highest BCUT2D eigenvalue weighted by molar-refractivity contribution is 8.00. The first-order chi connectivity index (χ1) is 8.78. The molecule has 1 saturated carbocycles. The average Bonchev–Trinajstić information content (AvgIpc) is 2.88. The molecule has 2 aliphatic rings. The smallest absolute Gasteiger partial charge is 0.0598 e. The largest absolute Gasteiger partial charge is 0.313 e. The lowest BCUT2D eigenvalue weighted by molar-refractivity contribution is 0.215. The highest BCUT2D eigenvalue weighted by Gasteiger charge is 2.33. The third-order valence-electron chi connectivity index (χ3n) is 4.56. The molecule has 1 N–H and O–H groups in total. The molecule has 0 amide bonds. The van der Waals surface area contributed by atoms with Gasteiger partial charge < -0.3 is 5.32 Å². The molecule has 1 aliphatic carbocycles. The fraction of sp³-hybridized carbons (Fsp3) is 0.867. The van der Waals surface area contributed by atoms with Crippen LogP contribution in [0.3, 0.4) is 0 Å². The molecule has 2 fully saturated rings. The van der Waals surface area contributed by atoms with E-state index in [0.29, 0.717) is 10.8 Å². The van der Waals surface area contributed by atoms with Crippen LogP contribution in [0.5, 0.6) is 0 Å². The quantitative estimate of drug-likeness (QED) is 0.769. The molecule has 2 rings (SSSR count). The molecule has 0 atom stereocenters. The third kappa shape index (κ3) is 3.66. The molecule has 0 aromatic rings. The van der Waals surface area contributed by atoms with Crippen molar-refractivity contribution >= 4 is 11.8 Å². The van der Waals surface area contributed by atoms with Crippen molar-refractivity contribution in [2.45, 2.75) is 49.3 Å². The molecule has 2 nitrogen and oxygen atoms in total. The standard InChI is InChI=1S/C15H26N2S/c1-3-10-17-11-6-14(7-12-17)16-13-15(18-2)8-4-5-9-15/h1,14,16H,4-13H2,2H3. The van der Waals surface area contributed by atoms with Crippen molar-refractivity contribution in [3.05, 3.63) is 0 Å². The first-order valence-electron chi connectivity index (χ1n) is 7.22. The first kappa shape index (κ1) is 14.2. The lowest BCUT2D eigenvalue weighted by Crippen LogP contribution is -2.46. The predicted octanol–water partition coefficient (Wildman–Crippen LogP) is 2.35. The van der Waals surface area contributed by atoms with Crippen molar-refractivity contribution in [2.24, 2.45) is 0 Å². The normalized spacial score (nSPS) is 25.1. The summed E-state index contributed by atoms with van der Waals surface area (Å²) in [6.07, 6.45) is 15.8. The summed E-state index contributed by atoms with van der Waals surface area (Å²) in [5.74, 6) is 2.75. The molecule has 0 spiro atoms. The van der Waals surface area contributed by atoms with Gasteiger partial charge in [0.2, 0.25) is 0 Å². The number of piperidine rings is 1. The van der Waals surface area contributed by atoms with E-state index in [1.165, 1.54) is 45.1 Å². The van der Waals surface area contributed by atoms with Gasteiger partial charge in [-0.25, -0.2) is 0 Å². The summed E-state index contributed by atoms with van der Waals surface area (Å²) < 4.78 is 0.538. The van der Waals surface area contributed by atoms with Gasteiger partial charge >= 0.3 is 0 Å². The number of nitrogens with one attached hydrogen (secondary N) is 1. The zero-order chi connectivity index (χ0) is 12.8. The van der Waals surface area contributed by atoms with E-state index in [1.807, 2.05) is 0 Å². The van der Waals surface area contributed by atoms with Gasteiger partial charge in [-0.15, -0.1) is 6.42 Å². The molecule has 1 aliphatic heterocycles. The van der Waals surface area contributed by atoms with Gasteiger partial charge in [-0.2, -0.15) is 11.8 Å². The van der Waals surface area contributed by atoms with Crippen LogP contribution in [0.4, 0.5) is 0 Å². The average molecular weight is 266 g/mol. The molecule has 3 heteroatoms. The van der Waals surface area contributed by atoms with Crippen LogP contribution in [0.15, 0.2) is 0 Å². The number of nitrogens with zero attached hydrogens (tertiary/aromatic N) is 1. The molecule has 1 heterocycles. The molecule has 0 bridgehead atoms. The van der Waals surface area contributed by atoms with E-state index in [9.17, 15) is 0 Å². The molecule has 0 unspecified atom stereocenters. The Hall–Kier alpha value is -0.170. The number of terminal acetylenes is 1. The number of thioether (sulfide) groups is 1. The zero-order valence-electron chi connectivity index (χ0n) is 11.6. The summed E-state index contributed by atoms with van der Waals surface area (Å²) in [7, 11) is 0. The fourth-order valence-electron chi connectivity index (χ4n) is 3.23. The minimum Gasteiger partial charge on any atom is -0.313 e. The van der Waals surface area contributed by atoms with Crippen molar-refractivity contribution < 1.29 is 0 Å². The maximum atomic E-state index is 5.36. The minimum absolute atomic E-state index is 0.538.